The van der Waals surface area contributed by atoms with E-state index in [1.165, 1.54) is 11.8 Å². The van der Waals surface area contributed by atoms with E-state index in [2.05, 4.69) is 16.8 Å². The number of nitrogens with zero attached hydrogens (tertiary/aromatic N) is 3. The lowest BCUT2D eigenvalue weighted by Gasteiger charge is -2.09. The summed E-state index contributed by atoms with van der Waals surface area (Å²) in [5, 5.41) is 9.34. The maximum atomic E-state index is 6.01. The Kier molecular flexibility index (Phi) is 4.92. The fourth-order valence-electron chi connectivity index (χ4n) is 1.71. The second kappa shape index (κ2) is 6.67. The number of thioether (sulfide) groups is 1. The summed E-state index contributed by atoms with van der Waals surface area (Å²) in [5.74, 6) is 1.84. The quantitative estimate of drug-likeness (QED) is 0.656. The summed E-state index contributed by atoms with van der Waals surface area (Å²) in [6, 6.07) is 5.53. The van der Waals surface area contributed by atoms with E-state index in [4.69, 9.17) is 22.1 Å². The summed E-state index contributed by atoms with van der Waals surface area (Å²) in [6.07, 6.45) is 1.75. The van der Waals surface area contributed by atoms with Gasteiger partial charge in [-0.2, -0.15) is 0 Å². The third-order valence-corrected chi connectivity index (χ3v) is 3.91. The van der Waals surface area contributed by atoms with Crippen molar-refractivity contribution in [2.45, 2.75) is 17.5 Å². The van der Waals surface area contributed by atoms with Gasteiger partial charge in [0.05, 0.1) is 7.11 Å². The monoisotopic (exact) mass is 310 g/mol. The van der Waals surface area contributed by atoms with Crippen molar-refractivity contribution in [3.8, 4) is 5.75 Å². The molecular formula is C13H15ClN4OS. The van der Waals surface area contributed by atoms with Crippen LogP contribution in [0.5, 0.6) is 5.75 Å². The topological polar surface area (TPSA) is 66.0 Å². The van der Waals surface area contributed by atoms with Gasteiger partial charge in [-0.15, -0.1) is 16.8 Å². The fraction of sp³-hybridized carbons (Fsp3) is 0.231. The predicted octanol–water partition coefficient (Wildman–Crippen LogP) is 3.00. The molecule has 2 aromatic rings. The summed E-state index contributed by atoms with van der Waals surface area (Å²) in [7, 11) is 1.63. The molecule has 1 heterocycles. The highest BCUT2D eigenvalue weighted by Crippen LogP contribution is 2.29. The van der Waals surface area contributed by atoms with Crippen LogP contribution in [0.4, 0.5) is 5.95 Å². The Labute approximate surface area is 126 Å². The second-order valence-corrected chi connectivity index (χ2v) is 5.36. The summed E-state index contributed by atoms with van der Waals surface area (Å²) in [5.41, 5.74) is 6.76. The van der Waals surface area contributed by atoms with Crippen LogP contribution >= 0.6 is 23.4 Å². The number of halogens is 1. The first kappa shape index (κ1) is 14.7. The normalized spacial score (nSPS) is 10.5. The maximum Gasteiger partial charge on any atom is 0.222 e. The van der Waals surface area contributed by atoms with E-state index in [9.17, 15) is 0 Å². The minimum Gasteiger partial charge on any atom is -0.496 e. The first-order chi connectivity index (χ1) is 9.65. The Morgan fingerprint density at radius 3 is 3.00 bits per heavy atom. The highest BCUT2D eigenvalue weighted by atomic mass is 35.5. The molecule has 2 N–H and O–H groups in total. The van der Waals surface area contributed by atoms with E-state index in [-0.39, 0.29) is 0 Å². The number of ether oxygens (including phenoxy) is 1. The van der Waals surface area contributed by atoms with Crippen LogP contribution in [0.3, 0.4) is 0 Å². The van der Waals surface area contributed by atoms with Crippen molar-refractivity contribution in [2.24, 2.45) is 0 Å². The molecule has 0 fully saturated rings. The standard InChI is InChI=1S/C13H15ClN4OS/c1-3-6-18-12(15)16-17-13(18)20-8-9-7-10(14)4-5-11(9)19-2/h3-5,7H,1,6,8H2,2H3,(H2,15,16). The number of nitrogen functional groups attached to an aromatic ring is 1. The second-order valence-electron chi connectivity index (χ2n) is 3.98. The number of benzene rings is 1. The highest BCUT2D eigenvalue weighted by Gasteiger charge is 2.11. The Balaban J connectivity index is 2.16. The summed E-state index contributed by atoms with van der Waals surface area (Å²) < 4.78 is 7.12. The Morgan fingerprint density at radius 1 is 1.50 bits per heavy atom. The molecule has 0 radical (unpaired) electrons. The molecule has 0 amide bonds. The smallest absolute Gasteiger partial charge is 0.222 e. The van der Waals surface area contributed by atoms with E-state index in [1.807, 2.05) is 12.1 Å². The van der Waals surface area contributed by atoms with Crippen LogP contribution in [-0.2, 0) is 12.3 Å². The average Bonchev–Trinajstić information content (AvgIpc) is 2.78. The lowest BCUT2D eigenvalue weighted by Crippen LogP contribution is -2.03. The molecule has 2 rings (SSSR count). The van der Waals surface area contributed by atoms with Gasteiger partial charge in [-0.1, -0.05) is 29.4 Å². The van der Waals surface area contributed by atoms with Crippen LogP contribution in [0, 0.1) is 0 Å². The molecule has 0 aliphatic rings. The molecule has 5 nitrogen and oxygen atoms in total. The van der Waals surface area contributed by atoms with E-state index in [0.29, 0.717) is 23.3 Å². The molecule has 1 aromatic carbocycles. The molecule has 7 heteroatoms. The van der Waals surface area contributed by atoms with Crippen molar-refractivity contribution < 1.29 is 4.74 Å². The van der Waals surface area contributed by atoms with Gasteiger partial charge < -0.3 is 10.5 Å². The number of nitrogens with two attached hydrogens (primary N) is 1. The minimum absolute atomic E-state index is 0.380. The number of hydrogen-bond donors (Lipinski definition) is 1. The van der Waals surface area contributed by atoms with Gasteiger partial charge in [0.25, 0.3) is 0 Å². The fourth-order valence-corrected chi connectivity index (χ4v) is 2.84. The zero-order valence-corrected chi connectivity index (χ0v) is 12.6. The van der Waals surface area contributed by atoms with Gasteiger partial charge in [0.2, 0.25) is 5.95 Å². The van der Waals surface area contributed by atoms with Crippen molar-refractivity contribution in [1.29, 1.82) is 0 Å². The molecule has 0 atom stereocenters. The molecule has 106 valence electrons. The van der Waals surface area contributed by atoms with Crippen LogP contribution in [-0.4, -0.2) is 21.9 Å². The molecule has 0 spiro atoms. The SMILES string of the molecule is C=CCn1c(N)nnc1SCc1cc(Cl)ccc1OC. The van der Waals surface area contributed by atoms with Gasteiger partial charge in [0.1, 0.15) is 5.75 Å². The largest absolute Gasteiger partial charge is 0.496 e. The molecule has 0 saturated heterocycles. The van der Waals surface area contributed by atoms with Crippen molar-refractivity contribution >= 4 is 29.3 Å². The molecular weight excluding hydrogens is 296 g/mol. The van der Waals surface area contributed by atoms with Gasteiger partial charge >= 0.3 is 0 Å². The predicted molar refractivity (Wildman–Crippen MR) is 82.2 cm³/mol. The molecule has 1 aromatic heterocycles. The van der Waals surface area contributed by atoms with Crippen LogP contribution < -0.4 is 10.5 Å². The van der Waals surface area contributed by atoms with Crippen LogP contribution in [0.25, 0.3) is 0 Å². The number of methoxy groups -OCH3 is 1. The van der Waals surface area contributed by atoms with Crippen molar-refractivity contribution in [3.63, 3.8) is 0 Å². The zero-order valence-electron chi connectivity index (χ0n) is 11.0. The number of anilines is 1. The molecule has 0 unspecified atom stereocenters. The average molecular weight is 311 g/mol. The van der Waals surface area contributed by atoms with E-state index < -0.39 is 0 Å². The van der Waals surface area contributed by atoms with Crippen LogP contribution in [0.15, 0.2) is 36.0 Å². The lowest BCUT2D eigenvalue weighted by molar-refractivity contribution is 0.411. The Morgan fingerprint density at radius 2 is 2.30 bits per heavy atom. The molecule has 0 aliphatic carbocycles. The third-order valence-electron chi connectivity index (χ3n) is 2.66. The van der Waals surface area contributed by atoms with Crippen molar-refractivity contribution in [3.05, 3.63) is 41.4 Å². The minimum atomic E-state index is 0.380. The molecule has 20 heavy (non-hydrogen) atoms. The van der Waals surface area contributed by atoms with E-state index in [1.54, 1.807) is 23.8 Å². The van der Waals surface area contributed by atoms with Crippen molar-refractivity contribution in [1.82, 2.24) is 14.8 Å². The number of hydrogen-bond acceptors (Lipinski definition) is 5. The van der Waals surface area contributed by atoms with Gasteiger partial charge in [-0.25, -0.2) is 0 Å². The van der Waals surface area contributed by atoms with Gasteiger partial charge in [-0.3, -0.25) is 4.57 Å². The summed E-state index contributed by atoms with van der Waals surface area (Å²) >= 11 is 7.53. The molecule has 0 bridgehead atoms. The van der Waals surface area contributed by atoms with Gasteiger partial charge in [0, 0.05) is 22.9 Å². The Bertz CT molecular complexity index is 614. The molecule has 0 aliphatic heterocycles. The molecule has 0 saturated carbocycles. The first-order valence-electron chi connectivity index (χ1n) is 5.90. The van der Waals surface area contributed by atoms with Gasteiger partial charge in [0.15, 0.2) is 5.16 Å². The van der Waals surface area contributed by atoms with Gasteiger partial charge in [-0.05, 0) is 18.2 Å². The number of rotatable bonds is 6. The number of allylic oxidation sites excluding steroid dienone is 1. The Hall–Kier alpha value is -1.66. The van der Waals surface area contributed by atoms with E-state index in [0.717, 1.165) is 16.5 Å². The number of aromatic nitrogens is 3. The highest BCUT2D eigenvalue weighted by molar-refractivity contribution is 7.98. The van der Waals surface area contributed by atoms with E-state index >= 15 is 0 Å². The lowest BCUT2D eigenvalue weighted by atomic mass is 10.2. The van der Waals surface area contributed by atoms with Crippen LogP contribution in [0.2, 0.25) is 5.02 Å². The first-order valence-corrected chi connectivity index (χ1v) is 7.27. The van der Waals surface area contributed by atoms with Crippen LogP contribution in [0.1, 0.15) is 5.56 Å². The summed E-state index contributed by atoms with van der Waals surface area (Å²) in [6.45, 7) is 4.27. The third kappa shape index (κ3) is 3.26. The summed E-state index contributed by atoms with van der Waals surface area (Å²) in [4.78, 5) is 0. The van der Waals surface area contributed by atoms with Crippen molar-refractivity contribution in [2.75, 3.05) is 12.8 Å². The maximum absolute atomic E-state index is 6.01. The zero-order chi connectivity index (χ0) is 14.5.